The maximum atomic E-state index is 12.2. The molecule has 6 nitrogen and oxygen atoms in total. The summed E-state index contributed by atoms with van der Waals surface area (Å²) < 4.78 is 20.8. The number of hydrogen-bond acceptors (Lipinski definition) is 6. The van der Waals surface area contributed by atoms with Gasteiger partial charge in [0.1, 0.15) is 23.7 Å². The summed E-state index contributed by atoms with van der Waals surface area (Å²) in [5.41, 5.74) is 3.17. The molecule has 0 aliphatic rings. The highest BCUT2D eigenvalue weighted by Gasteiger charge is 2.27. The maximum Gasteiger partial charge on any atom is 0.342 e. The molecule has 0 saturated carbocycles. The molecule has 1 aromatic rings. The van der Waals surface area contributed by atoms with Gasteiger partial charge in [0.2, 0.25) is 0 Å². The van der Waals surface area contributed by atoms with E-state index in [4.69, 9.17) is 18.9 Å². The van der Waals surface area contributed by atoms with Crippen molar-refractivity contribution in [3.63, 3.8) is 0 Å². The molecule has 0 aliphatic heterocycles. The van der Waals surface area contributed by atoms with Crippen molar-refractivity contribution in [2.75, 3.05) is 27.9 Å². The SMILES string of the molecule is COC(=O)c1cc(OC/C=C(\C)CCC=C(C)C)c(C)c(OC)c1C(=O)OC. The zero-order chi connectivity index (χ0) is 21.3. The zero-order valence-electron chi connectivity index (χ0n) is 17.8. The van der Waals surface area contributed by atoms with E-state index in [1.165, 1.54) is 38.5 Å². The Balaban J connectivity index is 3.14. The Labute approximate surface area is 167 Å². The number of allylic oxidation sites excluding steroid dienone is 3. The van der Waals surface area contributed by atoms with Crippen LogP contribution in [0.25, 0.3) is 0 Å². The summed E-state index contributed by atoms with van der Waals surface area (Å²) in [6.07, 6.45) is 6.13. The Morgan fingerprint density at radius 3 is 2.18 bits per heavy atom. The fourth-order valence-corrected chi connectivity index (χ4v) is 2.68. The lowest BCUT2D eigenvalue weighted by atomic mass is 10.0. The van der Waals surface area contributed by atoms with E-state index < -0.39 is 11.9 Å². The summed E-state index contributed by atoms with van der Waals surface area (Å²) in [5.74, 6) is -0.675. The van der Waals surface area contributed by atoms with Gasteiger partial charge in [-0.05, 0) is 52.7 Å². The van der Waals surface area contributed by atoms with Gasteiger partial charge in [-0.2, -0.15) is 0 Å². The van der Waals surface area contributed by atoms with Gasteiger partial charge in [-0.1, -0.05) is 17.2 Å². The fourth-order valence-electron chi connectivity index (χ4n) is 2.68. The first-order valence-corrected chi connectivity index (χ1v) is 9.06. The smallest absolute Gasteiger partial charge is 0.342 e. The lowest BCUT2D eigenvalue weighted by Crippen LogP contribution is -2.15. The van der Waals surface area contributed by atoms with Crippen LogP contribution in [0.15, 0.2) is 29.4 Å². The molecule has 0 atom stereocenters. The molecule has 6 heteroatoms. The first kappa shape index (κ1) is 23.3. The Bertz CT molecular complexity index is 770. The number of esters is 2. The first-order chi connectivity index (χ1) is 13.3. The van der Waals surface area contributed by atoms with Crippen molar-refractivity contribution in [2.45, 2.75) is 40.5 Å². The predicted octanol–water partition coefficient (Wildman–Crippen LogP) is 4.65. The lowest BCUT2D eigenvalue weighted by Gasteiger charge is -2.17. The molecule has 0 amide bonds. The van der Waals surface area contributed by atoms with Gasteiger partial charge in [-0.15, -0.1) is 0 Å². The van der Waals surface area contributed by atoms with Gasteiger partial charge < -0.3 is 18.9 Å². The quantitative estimate of drug-likeness (QED) is 0.451. The second-order valence-electron chi connectivity index (χ2n) is 6.62. The van der Waals surface area contributed by atoms with Crippen molar-refractivity contribution in [2.24, 2.45) is 0 Å². The topological polar surface area (TPSA) is 71.1 Å². The van der Waals surface area contributed by atoms with Crippen molar-refractivity contribution in [1.82, 2.24) is 0 Å². The minimum atomic E-state index is -0.679. The maximum absolute atomic E-state index is 12.2. The van der Waals surface area contributed by atoms with Crippen LogP contribution < -0.4 is 9.47 Å². The third-order valence-corrected chi connectivity index (χ3v) is 4.24. The molecule has 0 saturated heterocycles. The predicted molar refractivity (Wildman–Crippen MR) is 108 cm³/mol. The number of carbonyl (C=O) groups is 2. The average Bonchev–Trinajstić information content (AvgIpc) is 2.67. The number of methoxy groups -OCH3 is 3. The zero-order valence-corrected chi connectivity index (χ0v) is 17.8. The van der Waals surface area contributed by atoms with Crippen molar-refractivity contribution in [3.8, 4) is 11.5 Å². The minimum Gasteiger partial charge on any atom is -0.495 e. The van der Waals surface area contributed by atoms with Crippen LogP contribution in [0, 0.1) is 6.92 Å². The van der Waals surface area contributed by atoms with Crippen LogP contribution in [0.1, 0.15) is 59.9 Å². The van der Waals surface area contributed by atoms with Crippen molar-refractivity contribution >= 4 is 11.9 Å². The van der Waals surface area contributed by atoms with Crippen LogP contribution in [0.3, 0.4) is 0 Å². The molecule has 154 valence electrons. The molecule has 0 bridgehead atoms. The Morgan fingerprint density at radius 2 is 1.64 bits per heavy atom. The number of rotatable bonds is 9. The summed E-state index contributed by atoms with van der Waals surface area (Å²) in [7, 11) is 3.91. The number of ether oxygens (including phenoxy) is 4. The standard InChI is InChI=1S/C22H30O6/c1-14(2)9-8-10-15(3)11-12-28-18-13-17(21(23)26-6)19(22(24)27-7)20(25-5)16(18)4/h9,11,13H,8,10,12H2,1-7H3/b15-11+. The second-order valence-corrected chi connectivity index (χ2v) is 6.62. The summed E-state index contributed by atoms with van der Waals surface area (Å²) in [6.45, 7) is 8.30. The molecular weight excluding hydrogens is 360 g/mol. The molecular formula is C22H30O6. The van der Waals surface area contributed by atoms with E-state index in [2.05, 4.69) is 26.8 Å². The normalized spacial score (nSPS) is 10.9. The molecule has 1 rings (SSSR count). The summed E-state index contributed by atoms with van der Waals surface area (Å²) in [5, 5.41) is 0. The number of benzene rings is 1. The van der Waals surface area contributed by atoms with Crippen molar-refractivity contribution < 1.29 is 28.5 Å². The minimum absolute atomic E-state index is 0.0233. The average molecular weight is 390 g/mol. The molecule has 0 aliphatic carbocycles. The molecule has 0 radical (unpaired) electrons. The summed E-state index contributed by atoms with van der Waals surface area (Å²) in [4.78, 5) is 24.4. The van der Waals surface area contributed by atoms with E-state index in [0.717, 1.165) is 12.8 Å². The monoisotopic (exact) mass is 390 g/mol. The second kappa shape index (κ2) is 11.2. The van der Waals surface area contributed by atoms with Crippen LogP contribution in [0.4, 0.5) is 0 Å². The number of carbonyl (C=O) groups excluding carboxylic acids is 2. The Kier molecular flexibility index (Phi) is 9.28. The Hall–Kier alpha value is -2.76. The van der Waals surface area contributed by atoms with Gasteiger partial charge >= 0.3 is 11.9 Å². The largest absolute Gasteiger partial charge is 0.495 e. The van der Waals surface area contributed by atoms with Gasteiger partial charge in [-0.25, -0.2) is 9.59 Å². The third kappa shape index (κ3) is 6.15. The van der Waals surface area contributed by atoms with E-state index >= 15 is 0 Å². The third-order valence-electron chi connectivity index (χ3n) is 4.24. The Morgan fingerprint density at radius 1 is 1.00 bits per heavy atom. The van der Waals surface area contributed by atoms with E-state index in [0.29, 0.717) is 17.9 Å². The molecule has 0 fully saturated rings. The van der Waals surface area contributed by atoms with Gasteiger partial charge in [0.05, 0.1) is 26.9 Å². The molecule has 0 N–H and O–H groups in total. The van der Waals surface area contributed by atoms with Crippen LogP contribution in [0.2, 0.25) is 0 Å². The molecule has 28 heavy (non-hydrogen) atoms. The van der Waals surface area contributed by atoms with Crippen molar-refractivity contribution in [3.05, 3.63) is 46.1 Å². The van der Waals surface area contributed by atoms with Crippen LogP contribution >= 0.6 is 0 Å². The summed E-state index contributed by atoms with van der Waals surface area (Å²) in [6, 6.07) is 1.49. The molecule has 0 unspecified atom stereocenters. The lowest BCUT2D eigenvalue weighted by molar-refractivity contribution is 0.0551. The number of hydrogen-bond donors (Lipinski definition) is 0. The molecule has 0 heterocycles. The summed E-state index contributed by atoms with van der Waals surface area (Å²) >= 11 is 0. The van der Waals surface area contributed by atoms with E-state index in [1.54, 1.807) is 6.92 Å². The highest BCUT2D eigenvalue weighted by atomic mass is 16.5. The molecule has 0 aromatic heterocycles. The van der Waals surface area contributed by atoms with Gasteiger partial charge in [-0.3, -0.25) is 0 Å². The fraction of sp³-hybridized carbons (Fsp3) is 0.455. The van der Waals surface area contributed by atoms with Gasteiger partial charge in [0, 0.05) is 5.56 Å². The van der Waals surface area contributed by atoms with Crippen LogP contribution in [-0.2, 0) is 9.47 Å². The molecule has 1 aromatic carbocycles. The highest BCUT2D eigenvalue weighted by Crippen LogP contribution is 2.35. The van der Waals surface area contributed by atoms with Crippen molar-refractivity contribution in [1.29, 1.82) is 0 Å². The van der Waals surface area contributed by atoms with Gasteiger partial charge in [0.15, 0.2) is 0 Å². The van der Waals surface area contributed by atoms with E-state index in [1.807, 2.05) is 6.08 Å². The van der Waals surface area contributed by atoms with E-state index in [9.17, 15) is 9.59 Å². The van der Waals surface area contributed by atoms with Crippen LogP contribution in [-0.4, -0.2) is 39.9 Å². The molecule has 0 spiro atoms. The highest BCUT2D eigenvalue weighted by molar-refractivity contribution is 6.06. The van der Waals surface area contributed by atoms with Crippen LogP contribution in [0.5, 0.6) is 11.5 Å². The van der Waals surface area contributed by atoms with Gasteiger partial charge in [0.25, 0.3) is 0 Å². The first-order valence-electron chi connectivity index (χ1n) is 9.06. The van der Waals surface area contributed by atoms with E-state index in [-0.39, 0.29) is 16.9 Å².